The average molecular weight is 1570 g/mol. The van der Waals surface area contributed by atoms with E-state index in [2.05, 4.69) is 0 Å². The Morgan fingerprint density at radius 1 is 0.321 bits per heavy atom. The summed E-state index contributed by atoms with van der Waals surface area (Å²) in [5.41, 5.74) is -14.5. The molecule has 0 aromatic heterocycles. The largest absolute Gasteiger partial charge is 0.504 e. The number of fused-ring (bicyclic) bond motifs is 8. The predicted molar refractivity (Wildman–Crippen MR) is 345 cm³/mol. The second-order valence-electron chi connectivity index (χ2n) is 24.3. The summed E-state index contributed by atoms with van der Waals surface area (Å²) < 4.78 is 61.5. The first-order valence-corrected chi connectivity index (χ1v) is 31.1. The van der Waals surface area contributed by atoms with Crippen molar-refractivity contribution in [1.29, 1.82) is 0 Å². The number of rotatable bonds is 10. The molecule has 4 aliphatic heterocycles. The van der Waals surface area contributed by atoms with Crippen molar-refractivity contribution < 1.29 is 218 Å². The SMILES string of the molecule is O=C(O[C@@H]1[C@@H](OC(=O)c2cc(O)c(O)c(O)c2)[C@H](OC(=O)c2cc(O)c(O)c(O)c2Oc2cc3c(c(O)c2O)-c2c(cc(O)c(O)c2O)C(=O)O[C@H]2[C@H](OC(=O)c4cc(O)c(O)c(O)c4)[C@@H](O)[C@H](O)O[C@@H]2COC3=O)O[C@@H]2COC(=O)c3cc(O)c(O)c(O)c3-c3c(cc(O)c(O)c3O)C(=O)O[C@@H]12)c1cc(O)c(O)c(O)c1. The van der Waals surface area contributed by atoms with Gasteiger partial charge in [0.1, 0.15) is 37.1 Å². The van der Waals surface area contributed by atoms with E-state index in [9.17, 15) is 161 Å². The Labute approximate surface area is 616 Å². The molecular formula is C68H50O44. The van der Waals surface area contributed by atoms with E-state index in [1.807, 2.05) is 0 Å². The van der Waals surface area contributed by atoms with Crippen molar-refractivity contribution in [2.45, 2.75) is 61.4 Å². The lowest BCUT2D eigenvalue weighted by molar-refractivity contribution is -0.285. The van der Waals surface area contributed by atoms with Crippen LogP contribution in [0.5, 0.6) is 144 Å². The summed E-state index contributed by atoms with van der Waals surface area (Å²) in [6.07, 6.45) is -26.0. The van der Waals surface area contributed by atoms with Crippen molar-refractivity contribution in [2.75, 3.05) is 13.2 Å². The molecule has 0 radical (unpaired) electrons. The number of hydrogen-bond donors (Lipinski definition) is 25. The highest BCUT2D eigenvalue weighted by atomic mass is 16.8. The van der Waals surface area contributed by atoms with Gasteiger partial charge in [0.25, 0.3) is 0 Å². The molecule has 0 aliphatic carbocycles. The Bertz CT molecular complexity index is 5320. The van der Waals surface area contributed by atoms with Gasteiger partial charge in [0.2, 0.25) is 46.9 Å². The van der Waals surface area contributed by atoms with E-state index in [-0.39, 0.29) is 18.2 Å². The predicted octanol–water partition coefficient (Wildman–Crippen LogP) is 1.77. The second-order valence-corrected chi connectivity index (χ2v) is 24.3. The minimum absolute atomic E-state index is 0.138. The highest BCUT2D eigenvalue weighted by Crippen LogP contribution is 2.58. The molecule has 10 atom stereocenters. The van der Waals surface area contributed by atoms with Crippen LogP contribution in [0, 0.1) is 0 Å². The van der Waals surface area contributed by atoms with E-state index in [0.717, 1.165) is 0 Å². The van der Waals surface area contributed by atoms with Gasteiger partial charge in [-0.25, -0.2) is 38.4 Å². The number of benzene rings is 8. The Hall–Kier alpha value is -15.4. The zero-order valence-corrected chi connectivity index (χ0v) is 55.0. The minimum Gasteiger partial charge on any atom is -0.504 e. The quantitative estimate of drug-likeness (QED) is 0.0527. The molecule has 4 aliphatic rings. The third-order valence-corrected chi connectivity index (χ3v) is 17.4. The van der Waals surface area contributed by atoms with Crippen LogP contribution >= 0.6 is 0 Å². The molecule has 0 bridgehead atoms. The molecule has 586 valence electrons. The van der Waals surface area contributed by atoms with E-state index in [1.54, 1.807) is 0 Å². The number of aliphatic hydroxyl groups excluding tert-OH is 2. The summed E-state index contributed by atoms with van der Waals surface area (Å²) in [6.45, 7) is -2.90. The van der Waals surface area contributed by atoms with Gasteiger partial charge in [0, 0.05) is 34.4 Å². The maximum atomic E-state index is 15.2. The zero-order chi connectivity index (χ0) is 81.7. The van der Waals surface area contributed by atoms with Crippen LogP contribution < -0.4 is 4.74 Å². The molecule has 8 aromatic carbocycles. The summed E-state index contributed by atoms with van der Waals surface area (Å²) in [6, 6.07) is 4.01. The number of carbonyl (C=O) groups excluding carboxylic acids is 8. The fraction of sp³-hybridized carbons (Fsp3) is 0.176. The Balaban J connectivity index is 0.983. The number of phenolic OH excluding ortho intramolecular Hbond substituents is 23. The maximum Gasteiger partial charge on any atom is 0.344 e. The first-order chi connectivity index (χ1) is 52.7. The molecular weight excluding hydrogens is 1520 g/mol. The van der Waals surface area contributed by atoms with Gasteiger partial charge in [0.05, 0.1) is 38.9 Å². The van der Waals surface area contributed by atoms with Crippen LogP contribution in [0.3, 0.4) is 0 Å². The van der Waals surface area contributed by atoms with Crippen LogP contribution in [-0.4, -0.2) is 250 Å². The summed E-state index contributed by atoms with van der Waals surface area (Å²) in [5.74, 6) is -51.6. The Morgan fingerprint density at radius 3 is 1.05 bits per heavy atom. The number of aliphatic hydroxyl groups is 2. The summed E-state index contributed by atoms with van der Waals surface area (Å²) in [7, 11) is 0. The van der Waals surface area contributed by atoms with Gasteiger partial charge in [-0.05, 0) is 54.6 Å². The molecule has 12 rings (SSSR count). The van der Waals surface area contributed by atoms with Gasteiger partial charge in [-0.1, -0.05) is 0 Å². The van der Waals surface area contributed by atoms with E-state index >= 15 is 4.79 Å². The van der Waals surface area contributed by atoms with Crippen molar-refractivity contribution >= 4 is 47.8 Å². The molecule has 0 saturated carbocycles. The topological polar surface area (TPSA) is 744 Å². The number of ether oxygens (including phenoxy) is 11. The molecule has 0 spiro atoms. The van der Waals surface area contributed by atoms with Crippen molar-refractivity contribution in [3.63, 3.8) is 0 Å². The van der Waals surface area contributed by atoms with E-state index in [4.69, 9.17) is 52.1 Å². The lowest BCUT2D eigenvalue weighted by atomic mass is 9.91. The molecule has 0 amide bonds. The lowest BCUT2D eigenvalue weighted by Gasteiger charge is -2.43. The monoisotopic (exact) mass is 1570 g/mol. The molecule has 112 heavy (non-hydrogen) atoms. The average Bonchev–Trinajstić information content (AvgIpc) is 1.13. The second kappa shape index (κ2) is 28.4. The van der Waals surface area contributed by atoms with Gasteiger partial charge in [-0.15, -0.1) is 0 Å². The fourth-order valence-electron chi connectivity index (χ4n) is 11.9. The van der Waals surface area contributed by atoms with Crippen LogP contribution in [0.15, 0.2) is 66.7 Å². The van der Waals surface area contributed by atoms with Crippen LogP contribution in [0.1, 0.15) is 82.9 Å². The molecule has 2 saturated heterocycles. The maximum absolute atomic E-state index is 15.2. The highest BCUT2D eigenvalue weighted by Gasteiger charge is 2.57. The van der Waals surface area contributed by atoms with E-state index < -0.39 is 333 Å². The fourth-order valence-corrected chi connectivity index (χ4v) is 11.9. The van der Waals surface area contributed by atoms with Gasteiger partial charge in [-0.2, -0.15) is 0 Å². The molecule has 8 aromatic rings. The van der Waals surface area contributed by atoms with Gasteiger partial charge < -0.3 is 180 Å². The minimum atomic E-state index is -3.04. The number of esters is 8. The molecule has 25 N–H and O–H groups in total. The Kier molecular flexibility index (Phi) is 19.3. The van der Waals surface area contributed by atoms with Crippen LogP contribution in [-0.2, 0) is 47.4 Å². The number of phenols is 23. The van der Waals surface area contributed by atoms with Crippen molar-refractivity contribution in [2.24, 2.45) is 0 Å². The number of carbonyl (C=O) groups is 8. The molecule has 0 unspecified atom stereocenters. The first kappa shape index (κ1) is 76.2. The number of aromatic hydroxyl groups is 23. The van der Waals surface area contributed by atoms with Gasteiger partial charge in [-0.3, -0.25) is 0 Å². The Morgan fingerprint density at radius 2 is 0.643 bits per heavy atom. The van der Waals surface area contributed by atoms with Gasteiger partial charge >= 0.3 is 47.8 Å². The normalized spacial score (nSPS) is 20.7. The smallest absolute Gasteiger partial charge is 0.344 e. The van der Waals surface area contributed by atoms with Crippen molar-refractivity contribution in [3.05, 3.63) is 111 Å². The molecule has 44 nitrogen and oxygen atoms in total. The summed E-state index contributed by atoms with van der Waals surface area (Å²) >= 11 is 0. The first-order valence-electron chi connectivity index (χ1n) is 31.1. The third kappa shape index (κ3) is 13.2. The molecule has 44 heteroatoms. The van der Waals surface area contributed by atoms with E-state index in [0.29, 0.717) is 48.5 Å². The summed E-state index contributed by atoms with van der Waals surface area (Å²) in [5, 5.41) is 271. The van der Waals surface area contributed by atoms with E-state index in [1.165, 1.54) is 0 Å². The number of hydrogen-bond acceptors (Lipinski definition) is 44. The highest BCUT2D eigenvalue weighted by molar-refractivity contribution is 6.10. The number of cyclic esters (lactones) is 2. The van der Waals surface area contributed by atoms with Crippen LogP contribution in [0.2, 0.25) is 0 Å². The van der Waals surface area contributed by atoms with Crippen molar-refractivity contribution in [1.82, 2.24) is 0 Å². The van der Waals surface area contributed by atoms with Crippen LogP contribution in [0.4, 0.5) is 0 Å². The zero-order valence-electron chi connectivity index (χ0n) is 55.0. The summed E-state index contributed by atoms with van der Waals surface area (Å²) in [4.78, 5) is 116. The van der Waals surface area contributed by atoms with Crippen molar-refractivity contribution in [3.8, 4) is 166 Å². The third-order valence-electron chi connectivity index (χ3n) is 17.4. The van der Waals surface area contributed by atoms with Crippen LogP contribution in [0.25, 0.3) is 22.3 Å². The van der Waals surface area contributed by atoms with Gasteiger partial charge in [0.15, 0.2) is 140 Å². The standard InChI is InChI=1S/C68H50O44/c69-22-1-14(2-23(70)39(22)79)59(93)109-56-52(92)67(101)105-33-12-102-63(97)20-11-32(46(86)50(90)38(20)37-19(64(98)107-54(33)56)9-30(77)44(84)49(37)89)104-53-21(10-31(78)45(85)51(53)91)66(100)112-68-58(111-61(95)16-5-26(73)41(81)27(74)6-16)57(110-60(94)15-3-24(71)40(80)25(72)4-15)55-34(106-68)13-103-62(96)17-7-28(75)42(82)47(87)35(17)36-18(65(99)108-55)8-29(76)43(83)48(36)88/h1-11,33-34,52,54-58,67-92,101H,12-13H2/t33-,34-,52-,54-,55-,56-,57+,58-,67-,68+/m1/s1. The molecule has 4 heterocycles. The lowest BCUT2D eigenvalue weighted by Crippen LogP contribution is -2.63. The molecule has 2 fully saturated rings.